The van der Waals surface area contributed by atoms with Crippen LogP contribution in [0, 0.1) is 5.92 Å². The Labute approximate surface area is 232 Å². The number of nitrogen functional groups attached to an aromatic ring is 1. The molecule has 5 N–H and O–H groups in total. The van der Waals surface area contributed by atoms with Crippen molar-refractivity contribution in [2.45, 2.75) is 94.9 Å². The Morgan fingerprint density at radius 2 is 1.98 bits per heavy atom. The standard InChI is InChI=1S/C29H38N8O3/c1-15(2)36(12-22-25(38)26(39)29(40-22)37-14-33-24-27(30)31-13-32-28(24)37)19-9-16(10-19)3-8-23-34-20-7-6-18(17-4-5-17)11-21(20)35-23/h6-7,11,13-17,19,22,25-26,29,38-39H,3-5,8-10,12H2,1-2H3,(H,34,35)(H2,30,31,32)/t16?,19?,22-,25+,26+,29-/m1/s1. The summed E-state index contributed by atoms with van der Waals surface area (Å²) in [5.41, 5.74) is 10.5. The van der Waals surface area contributed by atoms with Crippen molar-refractivity contribution in [3.63, 3.8) is 0 Å². The van der Waals surface area contributed by atoms with E-state index in [0.29, 0.717) is 29.7 Å². The first-order valence-corrected chi connectivity index (χ1v) is 14.5. The molecule has 3 fully saturated rings. The number of H-pyrrole nitrogens is 1. The lowest BCUT2D eigenvalue weighted by atomic mass is 9.76. The fraction of sp³-hybridized carbons (Fsp3) is 0.586. The van der Waals surface area contributed by atoms with Gasteiger partial charge in [-0.15, -0.1) is 0 Å². The number of hydrogen-bond donors (Lipinski definition) is 4. The van der Waals surface area contributed by atoms with Crippen molar-refractivity contribution < 1.29 is 14.9 Å². The van der Waals surface area contributed by atoms with Crippen molar-refractivity contribution in [1.29, 1.82) is 0 Å². The molecular weight excluding hydrogens is 508 g/mol. The van der Waals surface area contributed by atoms with Gasteiger partial charge in [-0.25, -0.2) is 19.9 Å². The number of imidazole rings is 2. The van der Waals surface area contributed by atoms with Crippen molar-refractivity contribution in [2.24, 2.45) is 5.92 Å². The van der Waals surface area contributed by atoms with Crippen LogP contribution in [0.1, 0.15) is 69.5 Å². The summed E-state index contributed by atoms with van der Waals surface area (Å²) in [4.78, 5) is 23.3. The maximum absolute atomic E-state index is 10.9. The Morgan fingerprint density at radius 1 is 1.15 bits per heavy atom. The summed E-state index contributed by atoms with van der Waals surface area (Å²) < 4.78 is 7.86. The van der Waals surface area contributed by atoms with Crippen molar-refractivity contribution in [3.05, 3.63) is 42.2 Å². The van der Waals surface area contributed by atoms with Crippen LogP contribution in [0.4, 0.5) is 5.82 Å². The molecule has 4 atom stereocenters. The number of nitrogens with two attached hydrogens (primary N) is 1. The number of hydrogen-bond acceptors (Lipinski definition) is 9. The van der Waals surface area contributed by atoms with Crippen LogP contribution in [0.25, 0.3) is 22.2 Å². The Morgan fingerprint density at radius 3 is 2.75 bits per heavy atom. The molecule has 0 spiro atoms. The van der Waals surface area contributed by atoms with Crippen LogP contribution in [-0.4, -0.2) is 81.5 Å². The van der Waals surface area contributed by atoms with Gasteiger partial charge >= 0.3 is 0 Å². The van der Waals surface area contributed by atoms with Gasteiger partial charge in [-0.05, 0) is 75.5 Å². The minimum atomic E-state index is -1.11. The van der Waals surface area contributed by atoms with Crippen molar-refractivity contribution in [1.82, 2.24) is 34.4 Å². The first kappa shape index (κ1) is 25.8. The number of nitrogens with one attached hydrogen (secondary N) is 1. The Kier molecular flexibility index (Phi) is 6.49. The number of rotatable bonds is 9. The molecule has 0 bridgehead atoms. The van der Waals surface area contributed by atoms with E-state index in [9.17, 15) is 10.2 Å². The average molecular weight is 547 g/mol. The number of benzene rings is 1. The molecule has 1 saturated heterocycles. The lowest BCUT2D eigenvalue weighted by Crippen LogP contribution is -2.52. The van der Waals surface area contributed by atoms with E-state index in [2.05, 4.69) is 56.9 Å². The number of aliphatic hydroxyl groups excluding tert-OH is 2. The number of nitrogens with zero attached hydrogens (tertiary/aromatic N) is 6. The zero-order chi connectivity index (χ0) is 27.5. The second-order valence-electron chi connectivity index (χ2n) is 12.2. The molecule has 0 amide bonds. The molecule has 212 valence electrons. The normalized spacial score (nSPS) is 28.8. The minimum absolute atomic E-state index is 0.266. The fourth-order valence-corrected chi connectivity index (χ4v) is 6.57. The predicted molar refractivity (Wildman–Crippen MR) is 150 cm³/mol. The van der Waals surface area contributed by atoms with E-state index in [4.69, 9.17) is 15.5 Å². The number of ether oxygens (including phenoxy) is 1. The lowest BCUT2D eigenvalue weighted by Gasteiger charge is -2.46. The molecule has 2 aliphatic carbocycles. The number of aryl methyl sites for hydroxylation is 1. The summed E-state index contributed by atoms with van der Waals surface area (Å²) in [6.45, 7) is 4.90. The molecule has 40 heavy (non-hydrogen) atoms. The topological polar surface area (TPSA) is 151 Å². The van der Waals surface area contributed by atoms with Gasteiger partial charge in [-0.1, -0.05) is 6.07 Å². The van der Waals surface area contributed by atoms with Crippen LogP contribution >= 0.6 is 0 Å². The maximum Gasteiger partial charge on any atom is 0.167 e. The highest BCUT2D eigenvalue weighted by Crippen LogP contribution is 2.41. The molecule has 4 aromatic rings. The average Bonchev–Trinajstić information content (AvgIpc) is 3.45. The highest BCUT2D eigenvalue weighted by atomic mass is 16.6. The molecule has 4 heterocycles. The van der Waals surface area contributed by atoms with Crippen LogP contribution in [0.2, 0.25) is 0 Å². The number of aromatic amines is 1. The van der Waals surface area contributed by atoms with Crippen LogP contribution in [0.5, 0.6) is 0 Å². The van der Waals surface area contributed by atoms with Crippen molar-refractivity contribution in [3.8, 4) is 0 Å². The summed E-state index contributed by atoms with van der Waals surface area (Å²) in [6, 6.07) is 7.38. The molecule has 3 aliphatic rings. The fourth-order valence-electron chi connectivity index (χ4n) is 6.57. The third kappa shape index (κ3) is 4.64. The van der Waals surface area contributed by atoms with Gasteiger partial charge in [0.25, 0.3) is 0 Å². The molecule has 2 saturated carbocycles. The molecule has 11 nitrogen and oxygen atoms in total. The molecule has 11 heteroatoms. The van der Waals surface area contributed by atoms with E-state index in [-0.39, 0.29) is 11.9 Å². The summed E-state index contributed by atoms with van der Waals surface area (Å²) in [5.74, 6) is 2.74. The Bertz CT molecular complexity index is 1510. The zero-order valence-corrected chi connectivity index (χ0v) is 23.0. The largest absolute Gasteiger partial charge is 0.387 e. The molecule has 0 unspecified atom stereocenters. The van der Waals surface area contributed by atoms with Crippen LogP contribution in [-0.2, 0) is 11.2 Å². The summed E-state index contributed by atoms with van der Waals surface area (Å²) >= 11 is 0. The van der Waals surface area contributed by atoms with Crippen LogP contribution in [0.3, 0.4) is 0 Å². The number of anilines is 1. The minimum Gasteiger partial charge on any atom is -0.387 e. The SMILES string of the molecule is CC(C)N(C[C@H]1O[C@@H](n2cnc3c(N)ncnc32)[C@@H](O)[C@H]1O)C1CC(CCc2nc3ccc(C4CC4)cc3[nH]2)C1. The van der Waals surface area contributed by atoms with Gasteiger partial charge in [0.1, 0.15) is 36.0 Å². The van der Waals surface area contributed by atoms with E-state index in [1.807, 2.05) is 0 Å². The quantitative estimate of drug-likeness (QED) is 0.248. The molecule has 1 aliphatic heterocycles. The van der Waals surface area contributed by atoms with Gasteiger partial charge in [0.05, 0.1) is 17.4 Å². The highest BCUT2D eigenvalue weighted by molar-refractivity contribution is 5.81. The van der Waals surface area contributed by atoms with Crippen molar-refractivity contribution >= 4 is 28.0 Å². The monoisotopic (exact) mass is 546 g/mol. The van der Waals surface area contributed by atoms with E-state index in [0.717, 1.165) is 48.5 Å². The van der Waals surface area contributed by atoms with Gasteiger partial charge in [0.2, 0.25) is 0 Å². The molecule has 1 aromatic carbocycles. The van der Waals surface area contributed by atoms with Gasteiger partial charge < -0.3 is 25.7 Å². The molecule has 0 radical (unpaired) electrons. The van der Waals surface area contributed by atoms with Crippen LogP contribution < -0.4 is 5.73 Å². The predicted octanol–water partition coefficient (Wildman–Crippen LogP) is 2.90. The second kappa shape index (κ2) is 10.1. The van der Waals surface area contributed by atoms with Crippen molar-refractivity contribution in [2.75, 3.05) is 12.3 Å². The number of aliphatic hydroxyl groups is 2. The maximum atomic E-state index is 10.9. The smallest absolute Gasteiger partial charge is 0.167 e. The van der Waals surface area contributed by atoms with Gasteiger partial charge in [-0.2, -0.15) is 0 Å². The van der Waals surface area contributed by atoms with Gasteiger partial charge in [-0.3, -0.25) is 9.47 Å². The van der Waals surface area contributed by atoms with E-state index >= 15 is 0 Å². The lowest BCUT2D eigenvalue weighted by molar-refractivity contribution is -0.0620. The summed E-state index contributed by atoms with van der Waals surface area (Å²) in [5, 5.41) is 21.8. The summed E-state index contributed by atoms with van der Waals surface area (Å²) in [7, 11) is 0. The summed E-state index contributed by atoms with van der Waals surface area (Å²) in [6.07, 6.45) is 6.34. The molecule has 3 aromatic heterocycles. The van der Waals surface area contributed by atoms with Crippen LogP contribution in [0.15, 0.2) is 30.9 Å². The third-order valence-corrected chi connectivity index (χ3v) is 9.13. The first-order chi connectivity index (χ1) is 19.4. The van der Waals surface area contributed by atoms with E-state index in [1.54, 1.807) is 4.57 Å². The van der Waals surface area contributed by atoms with Gasteiger partial charge in [0.15, 0.2) is 17.7 Å². The van der Waals surface area contributed by atoms with E-state index < -0.39 is 24.5 Å². The Balaban J connectivity index is 0.959. The number of aromatic nitrogens is 6. The van der Waals surface area contributed by atoms with E-state index in [1.165, 1.54) is 31.1 Å². The third-order valence-electron chi connectivity index (χ3n) is 9.13. The van der Waals surface area contributed by atoms with Gasteiger partial charge in [0, 0.05) is 25.0 Å². The molecule has 7 rings (SSSR count). The highest BCUT2D eigenvalue weighted by Gasteiger charge is 2.46. The first-order valence-electron chi connectivity index (χ1n) is 14.5. The molecular formula is C29H38N8O3. The number of fused-ring (bicyclic) bond motifs is 2. The zero-order valence-electron chi connectivity index (χ0n) is 23.0. The Hall–Kier alpha value is -3.12. The second-order valence-corrected chi connectivity index (χ2v) is 12.2.